The summed E-state index contributed by atoms with van der Waals surface area (Å²) < 4.78 is 0. The fraction of sp³-hybridized carbons (Fsp3) is 0.375. The van der Waals surface area contributed by atoms with Gasteiger partial charge >= 0.3 is 0 Å². The SMILES string of the molecule is CNc1ccnc(N(C)Cc2ccc(CN(C)C)cc2)n1. The molecule has 0 saturated heterocycles. The Bertz CT molecular complexity index is 565. The second kappa shape index (κ2) is 7.04. The third kappa shape index (κ3) is 4.43. The summed E-state index contributed by atoms with van der Waals surface area (Å²) in [6.45, 7) is 1.75. The average Bonchev–Trinajstić information content (AvgIpc) is 2.49. The Kier molecular flexibility index (Phi) is 5.11. The molecule has 1 aromatic heterocycles. The lowest BCUT2D eigenvalue weighted by atomic mass is 10.1. The Labute approximate surface area is 126 Å². The number of hydrogen-bond acceptors (Lipinski definition) is 5. The lowest BCUT2D eigenvalue weighted by Crippen LogP contribution is -2.19. The summed E-state index contributed by atoms with van der Waals surface area (Å²) in [6.07, 6.45) is 1.77. The van der Waals surface area contributed by atoms with Crippen molar-refractivity contribution in [3.8, 4) is 0 Å². The zero-order chi connectivity index (χ0) is 15.2. The fourth-order valence-electron chi connectivity index (χ4n) is 2.13. The van der Waals surface area contributed by atoms with Crippen LogP contribution in [0.3, 0.4) is 0 Å². The van der Waals surface area contributed by atoms with Crippen LogP contribution in [0, 0.1) is 0 Å². The van der Waals surface area contributed by atoms with E-state index < -0.39 is 0 Å². The van der Waals surface area contributed by atoms with Gasteiger partial charge < -0.3 is 15.1 Å². The second-order valence-electron chi connectivity index (χ2n) is 5.40. The van der Waals surface area contributed by atoms with Crippen molar-refractivity contribution >= 4 is 11.8 Å². The average molecular weight is 285 g/mol. The van der Waals surface area contributed by atoms with E-state index in [1.807, 2.05) is 25.1 Å². The molecule has 21 heavy (non-hydrogen) atoms. The Morgan fingerprint density at radius 2 is 1.57 bits per heavy atom. The van der Waals surface area contributed by atoms with Crippen LogP contribution in [0.5, 0.6) is 0 Å². The van der Waals surface area contributed by atoms with Crippen LogP contribution in [-0.2, 0) is 13.1 Å². The highest BCUT2D eigenvalue weighted by molar-refractivity contribution is 5.40. The number of nitrogens with one attached hydrogen (secondary N) is 1. The molecule has 1 aromatic carbocycles. The fourth-order valence-corrected chi connectivity index (χ4v) is 2.13. The molecule has 0 spiro atoms. The van der Waals surface area contributed by atoms with E-state index in [4.69, 9.17) is 0 Å². The summed E-state index contributed by atoms with van der Waals surface area (Å²) in [5, 5.41) is 3.03. The molecule has 0 saturated carbocycles. The van der Waals surface area contributed by atoms with Crippen molar-refractivity contribution in [2.75, 3.05) is 38.4 Å². The highest BCUT2D eigenvalue weighted by Crippen LogP contribution is 2.13. The predicted octanol–water partition coefficient (Wildman–Crippen LogP) is 2.22. The Morgan fingerprint density at radius 3 is 2.14 bits per heavy atom. The van der Waals surface area contributed by atoms with Crippen molar-refractivity contribution in [2.24, 2.45) is 0 Å². The third-order valence-corrected chi connectivity index (χ3v) is 3.18. The minimum absolute atomic E-state index is 0.721. The number of anilines is 2. The molecule has 0 aliphatic carbocycles. The van der Waals surface area contributed by atoms with Gasteiger partial charge in [0.15, 0.2) is 0 Å². The first-order chi connectivity index (χ1) is 10.1. The van der Waals surface area contributed by atoms with E-state index in [9.17, 15) is 0 Å². The molecule has 5 nitrogen and oxygen atoms in total. The molecule has 5 heteroatoms. The van der Waals surface area contributed by atoms with E-state index in [2.05, 4.69) is 58.5 Å². The summed E-state index contributed by atoms with van der Waals surface area (Å²) in [4.78, 5) is 13.0. The minimum Gasteiger partial charge on any atom is -0.373 e. The monoisotopic (exact) mass is 285 g/mol. The van der Waals surface area contributed by atoms with Gasteiger partial charge in [-0.05, 0) is 31.3 Å². The summed E-state index contributed by atoms with van der Waals surface area (Å²) >= 11 is 0. The van der Waals surface area contributed by atoms with Gasteiger partial charge in [-0.15, -0.1) is 0 Å². The Morgan fingerprint density at radius 1 is 0.952 bits per heavy atom. The molecule has 0 aliphatic heterocycles. The van der Waals surface area contributed by atoms with Crippen LogP contribution in [0.4, 0.5) is 11.8 Å². The van der Waals surface area contributed by atoms with Crippen LogP contribution in [0.1, 0.15) is 11.1 Å². The Hall–Kier alpha value is -2.14. The largest absolute Gasteiger partial charge is 0.373 e. The number of hydrogen-bond donors (Lipinski definition) is 1. The maximum absolute atomic E-state index is 4.44. The third-order valence-electron chi connectivity index (χ3n) is 3.18. The van der Waals surface area contributed by atoms with Crippen LogP contribution in [0.2, 0.25) is 0 Å². The van der Waals surface area contributed by atoms with Crippen molar-refractivity contribution in [3.05, 3.63) is 47.7 Å². The highest BCUT2D eigenvalue weighted by atomic mass is 15.2. The lowest BCUT2D eigenvalue weighted by molar-refractivity contribution is 0.402. The van der Waals surface area contributed by atoms with Crippen molar-refractivity contribution < 1.29 is 0 Å². The van der Waals surface area contributed by atoms with Crippen molar-refractivity contribution in [1.29, 1.82) is 0 Å². The lowest BCUT2D eigenvalue weighted by Gasteiger charge is -2.18. The van der Waals surface area contributed by atoms with Gasteiger partial charge in [-0.2, -0.15) is 4.98 Å². The van der Waals surface area contributed by atoms with E-state index in [0.29, 0.717) is 0 Å². The molecule has 2 rings (SSSR count). The molecule has 0 atom stereocenters. The normalized spacial score (nSPS) is 10.7. The van der Waals surface area contributed by atoms with Crippen LogP contribution in [0.15, 0.2) is 36.5 Å². The molecule has 0 amide bonds. The molecule has 0 fully saturated rings. The summed E-state index contributed by atoms with van der Waals surface area (Å²) in [5.74, 6) is 1.55. The van der Waals surface area contributed by atoms with Gasteiger partial charge in [-0.1, -0.05) is 24.3 Å². The molecule has 0 radical (unpaired) electrons. The first kappa shape index (κ1) is 15.3. The van der Waals surface area contributed by atoms with Gasteiger partial charge in [0, 0.05) is 33.4 Å². The molecule has 1 N–H and O–H groups in total. The number of benzene rings is 1. The van der Waals surface area contributed by atoms with Gasteiger partial charge in [0.1, 0.15) is 5.82 Å². The molecule has 2 aromatic rings. The van der Waals surface area contributed by atoms with Gasteiger partial charge in [0.2, 0.25) is 5.95 Å². The molecule has 112 valence electrons. The number of rotatable bonds is 6. The van der Waals surface area contributed by atoms with Crippen LogP contribution in [-0.4, -0.2) is 43.1 Å². The topological polar surface area (TPSA) is 44.3 Å². The molecular weight excluding hydrogens is 262 g/mol. The van der Waals surface area contributed by atoms with Gasteiger partial charge in [-0.25, -0.2) is 4.98 Å². The maximum atomic E-state index is 4.44. The number of nitrogens with zero attached hydrogens (tertiary/aromatic N) is 4. The van der Waals surface area contributed by atoms with Gasteiger partial charge in [0.05, 0.1) is 0 Å². The summed E-state index contributed by atoms with van der Waals surface area (Å²) in [7, 11) is 8.01. The van der Waals surface area contributed by atoms with E-state index in [-0.39, 0.29) is 0 Å². The van der Waals surface area contributed by atoms with Gasteiger partial charge in [-0.3, -0.25) is 0 Å². The molecule has 1 heterocycles. The van der Waals surface area contributed by atoms with E-state index in [0.717, 1.165) is 24.9 Å². The molecular formula is C16H23N5. The zero-order valence-corrected chi connectivity index (χ0v) is 13.2. The molecule has 0 bridgehead atoms. The van der Waals surface area contributed by atoms with Crippen molar-refractivity contribution in [1.82, 2.24) is 14.9 Å². The van der Waals surface area contributed by atoms with Crippen LogP contribution in [0.25, 0.3) is 0 Å². The number of aromatic nitrogens is 2. The van der Waals surface area contributed by atoms with Crippen molar-refractivity contribution in [3.63, 3.8) is 0 Å². The quantitative estimate of drug-likeness (QED) is 0.881. The zero-order valence-electron chi connectivity index (χ0n) is 13.2. The van der Waals surface area contributed by atoms with E-state index in [1.165, 1.54) is 11.1 Å². The molecule has 0 aliphatic rings. The predicted molar refractivity (Wildman–Crippen MR) is 87.5 cm³/mol. The summed E-state index contributed by atoms with van der Waals surface area (Å²) in [6, 6.07) is 10.5. The Balaban J connectivity index is 2.03. The summed E-state index contributed by atoms with van der Waals surface area (Å²) in [5.41, 5.74) is 2.57. The standard InChI is InChI=1S/C16H23N5/c1-17-15-9-10-18-16(19-15)21(4)12-14-7-5-13(6-8-14)11-20(2)3/h5-10H,11-12H2,1-4H3,(H,17,18,19). The first-order valence-corrected chi connectivity index (χ1v) is 7.03. The minimum atomic E-state index is 0.721. The first-order valence-electron chi connectivity index (χ1n) is 7.03. The molecule has 0 unspecified atom stereocenters. The smallest absolute Gasteiger partial charge is 0.227 e. The van der Waals surface area contributed by atoms with Crippen molar-refractivity contribution in [2.45, 2.75) is 13.1 Å². The highest BCUT2D eigenvalue weighted by Gasteiger charge is 2.06. The van der Waals surface area contributed by atoms with Crippen LogP contribution < -0.4 is 10.2 Å². The maximum Gasteiger partial charge on any atom is 0.227 e. The second-order valence-corrected chi connectivity index (χ2v) is 5.40. The van der Waals surface area contributed by atoms with E-state index in [1.54, 1.807) is 6.20 Å². The van der Waals surface area contributed by atoms with Gasteiger partial charge in [0.25, 0.3) is 0 Å². The van der Waals surface area contributed by atoms with Crippen LogP contribution >= 0.6 is 0 Å². The van der Waals surface area contributed by atoms with E-state index >= 15 is 0 Å².